The van der Waals surface area contributed by atoms with Crippen LogP contribution < -0.4 is 0 Å². The van der Waals surface area contributed by atoms with Gasteiger partial charge in [0.2, 0.25) is 0 Å². The van der Waals surface area contributed by atoms with Crippen LogP contribution in [0.15, 0.2) is 61.4 Å². The van der Waals surface area contributed by atoms with Crippen molar-refractivity contribution in [1.29, 1.82) is 0 Å². The van der Waals surface area contributed by atoms with E-state index in [1.165, 1.54) is 0 Å². The fraction of sp³-hybridized carbons (Fsp3) is 0.222. The third kappa shape index (κ3) is 2.67. The minimum absolute atomic E-state index is 0.00109. The van der Waals surface area contributed by atoms with Crippen LogP contribution in [0.3, 0.4) is 0 Å². The van der Waals surface area contributed by atoms with Crippen LogP contribution in [0.5, 0.6) is 0 Å². The maximum atomic E-state index is 12.8. The van der Waals surface area contributed by atoms with E-state index in [4.69, 9.17) is 4.98 Å². The van der Waals surface area contributed by atoms with Gasteiger partial charge in [-0.3, -0.25) is 14.3 Å². The summed E-state index contributed by atoms with van der Waals surface area (Å²) in [7, 11) is 0. The molecule has 0 N–H and O–H groups in total. The molecule has 0 radical (unpaired) electrons. The molecule has 0 unspecified atom stereocenters. The lowest BCUT2D eigenvalue weighted by molar-refractivity contribution is 0.0732. The molecule has 4 rings (SSSR count). The summed E-state index contributed by atoms with van der Waals surface area (Å²) in [5.74, 6) is 0.825. The van der Waals surface area contributed by atoms with Crippen LogP contribution in [0.1, 0.15) is 34.9 Å². The Kier molecular flexibility index (Phi) is 3.78. The van der Waals surface area contributed by atoms with Crippen molar-refractivity contribution in [1.82, 2.24) is 24.4 Å². The molecular weight excluding hydrogens is 302 g/mol. The first-order valence-electron chi connectivity index (χ1n) is 7.99. The van der Waals surface area contributed by atoms with Gasteiger partial charge >= 0.3 is 0 Å². The van der Waals surface area contributed by atoms with Crippen molar-refractivity contribution in [2.24, 2.45) is 0 Å². The standard InChI is InChI=1S/C18H17N5O/c24-18(14-4-2-8-19-12-14)23-10-3-6-16(23)15-5-1-7-17(21-15)22-11-9-20-13-22/h1-2,4-5,7-9,11-13,16H,3,6,10H2/t16-/m1/s1. The highest BCUT2D eigenvalue weighted by Crippen LogP contribution is 2.32. The first kappa shape index (κ1) is 14.6. The monoisotopic (exact) mass is 319 g/mol. The molecule has 120 valence electrons. The summed E-state index contributed by atoms with van der Waals surface area (Å²) in [6.45, 7) is 0.745. The molecule has 1 aliphatic rings. The molecular formula is C18H17N5O. The van der Waals surface area contributed by atoms with Gasteiger partial charge in [-0.1, -0.05) is 6.07 Å². The van der Waals surface area contributed by atoms with Crippen LogP contribution in [-0.4, -0.2) is 36.9 Å². The van der Waals surface area contributed by atoms with Crippen LogP contribution in [0.4, 0.5) is 0 Å². The van der Waals surface area contributed by atoms with Crippen molar-refractivity contribution in [2.45, 2.75) is 18.9 Å². The van der Waals surface area contributed by atoms with Gasteiger partial charge in [0, 0.05) is 31.3 Å². The first-order chi connectivity index (χ1) is 11.8. The Bertz CT molecular complexity index is 832. The van der Waals surface area contributed by atoms with E-state index in [0.717, 1.165) is 30.9 Å². The number of amides is 1. The second-order valence-corrected chi connectivity index (χ2v) is 5.79. The Morgan fingerprint density at radius 3 is 2.88 bits per heavy atom. The number of carbonyl (C=O) groups excluding carboxylic acids is 1. The van der Waals surface area contributed by atoms with Gasteiger partial charge in [0.15, 0.2) is 0 Å². The minimum Gasteiger partial charge on any atom is -0.330 e. The third-order valence-electron chi connectivity index (χ3n) is 4.29. The summed E-state index contributed by atoms with van der Waals surface area (Å²) in [5.41, 5.74) is 1.53. The lowest BCUT2D eigenvalue weighted by atomic mass is 10.1. The van der Waals surface area contributed by atoms with Gasteiger partial charge in [-0.15, -0.1) is 0 Å². The third-order valence-corrected chi connectivity index (χ3v) is 4.29. The molecule has 1 aliphatic heterocycles. The predicted octanol–water partition coefficient (Wildman–Crippen LogP) is 2.64. The summed E-state index contributed by atoms with van der Waals surface area (Å²) < 4.78 is 1.87. The molecule has 24 heavy (non-hydrogen) atoms. The first-order valence-corrected chi connectivity index (χ1v) is 7.99. The SMILES string of the molecule is O=C(c1cccnc1)N1CCC[C@@H]1c1cccc(-n2ccnc2)n1. The van der Waals surface area contributed by atoms with Gasteiger partial charge in [-0.05, 0) is 37.1 Å². The zero-order valence-corrected chi connectivity index (χ0v) is 13.1. The quantitative estimate of drug-likeness (QED) is 0.744. The molecule has 0 bridgehead atoms. The number of pyridine rings is 2. The summed E-state index contributed by atoms with van der Waals surface area (Å²) in [6.07, 6.45) is 10.5. The molecule has 0 aliphatic carbocycles. The number of rotatable bonds is 3. The minimum atomic E-state index is 0.00109. The zero-order valence-electron chi connectivity index (χ0n) is 13.1. The Morgan fingerprint density at radius 2 is 2.08 bits per heavy atom. The van der Waals surface area contributed by atoms with Gasteiger partial charge in [-0.25, -0.2) is 9.97 Å². The topological polar surface area (TPSA) is 63.9 Å². The molecule has 0 saturated carbocycles. The molecule has 1 atom stereocenters. The summed E-state index contributed by atoms with van der Waals surface area (Å²) in [4.78, 5) is 27.5. The van der Waals surface area contributed by atoms with Crippen LogP contribution in [-0.2, 0) is 0 Å². The average molecular weight is 319 g/mol. The predicted molar refractivity (Wildman–Crippen MR) is 88.6 cm³/mol. The second-order valence-electron chi connectivity index (χ2n) is 5.79. The number of imidazole rings is 1. The summed E-state index contributed by atoms with van der Waals surface area (Å²) >= 11 is 0. The largest absolute Gasteiger partial charge is 0.330 e. The Labute approximate surface area is 139 Å². The Hall–Kier alpha value is -3.02. The van der Waals surface area contributed by atoms with Crippen LogP contribution in [0.2, 0.25) is 0 Å². The maximum absolute atomic E-state index is 12.8. The van der Waals surface area contributed by atoms with Crippen LogP contribution >= 0.6 is 0 Å². The van der Waals surface area contributed by atoms with Gasteiger partial charge < -0.3 is 4.90 Å². The fourth-order valence-electron chi connectivity index (χ4n) is 3.14. The van der Waals surface area contributed by atoms with Crippen molar-refractivity contribution in [3.8, 4) is 5.82 Å². The van der Waals surface area contributed by atoms with E-state index in [9.17, 15) is 4.79 Å². The van der Waals surface area contributed by atoms with Gasteiger partial charge in [0.1, 0.15) is 12.1 Å². The number of hydrogen-bond donors (Lipinski definition) is 0. The number of likely N-dealkylation sites (tertiary alicyclic amines) is 1. The molecule has 6 heteroatoms. The molecule has 1 saturated heterocycles. The molecule has 0 aromatic carbocycles. The van der Waals surface area contributed by atoms with Crippen molar-refractivity contribution >= 4 is 5.91 Å². The van der Waals surface area contributed by atoms with E-state index in [2.05, 4.69) is 9.97 Å². The molecule has 0 spiro atoms. The molecule has 3 aromatic rings. The van der Waals surface area contributed by atoms with Gasteiger partial charge in [-0.2, -0.15) is 0 Å². The highest BCUT2D eigenvalue weighted by molar-refractivity contribution is 5.94. The van der Waals surface area contributed by atoms with E-state index in [1.807, 2.05) is 33.9 Å². The number of carbonyl (C=O) groups is 1. The number of nitrogens with zero attached hydrogens (tertiary/aromatic N) is 5. The molecule has 1 fully saturated rings. The lowest BCUT2D eigenvalue weighted by Crippen LogP contribution is -2.31. The highest BCUT2D eigenvalue weighted by atomic mass is 16.2. The normalized spacial score (nSPS) is 17.2. The van der Waals surface area contributed by atoms with E-state index in [0.29, 0.717) is 5.56 Å². The van der Waals surface area contributed by atoms with E-state index in [1.54, 1.807) is 37.1 Å². The molecule has 3 aromatic heterocycles. The lowest BCUT2D eigenvalue weighted by Gasteiger charge is -2.24. The van der Waals surface area contributed by atoms with Gasteiger partial charge in [0.25, 0.3) is 5.91 Å². The average Bonchev–Trinajstić information content (AvgIpc) is 3.34. The van der Waals surface area contributed by atoms with E-state index < -0.39 is 0 Å². The van der Waals surface area contributed by atoms with Crippen LogP contribution in [0, 0.1) is 0 Å². The second kappa shape index (κ2) is 6.23. The molecule has 6 nitrogen and oxygen atoms in total. The van der Waals surface area contributed by atoms with E-state index >= 15 is 0 Å². The van der Waals surface area contributed by atoms with Crippen molar-refractivity contribution < 1.29 is 4.79 Å². The molecule has 1 amide bonds. The summed E-state index contributed by atoms with van der Waals surface area (Å²) in [5, 5.41) is 0. The Balaban J connectivity index is 1.64. The number of aromatic nitrogens is 4. The van der Waals surface area contributed by atoms with Crippen molar-refractivity contribution in [3.05, 3.63) is 72.7 Å². The van der Waals surface area contributed by atoms with Crippen molar-refractivity contribution in [2.75, 3.05) is 6.54 Å². The van der Waals surface area contributed by atoms with Crippen molar-refractivity contribution in [3.63, 3.8) is 0 Å². The van der Waals surface area contributed by atoms with Gasteiger partial charge in [0.05, 0.1) is 17.3 Å². The van der Waals surface area contributed by atoms with E-state index in [-0.39, 0.29) is 11.9 Å². The fourth-order valence-corrected chi connectivity index (χ4v) is 3.14. The maximum Gasteiger partial charge on any atom is 0.255 e. The Morgan fingerprint density at radius 1 is 1.12 bits per heavy atom. The zero-order chi connectivity index (χ0) is 16.4. The molecule has 4 heterocycles. The van der Waals surface area contributed by atoms with Crippen LogP contribution in [0.25, 0.3) is 5.82 Å². The number of hydrogen-bond acceptors (Lipinski definition) is 4. The highest BCUT2D eigenvalue weighted by Gasteiger charge is 2.31. The summed E-state index contributed by atoms with van der Waals surface area (Å²) in [6, 6.07) is 9.49. The smallest absolute Gasteiger partial charge is 0.255 e.